The molecule has 0 aliphatic rings. The lowest BCUT2D eigenvalue weighted by molar-refractivity contribution is -0.117. The summed E-state index contributed by atoms with van der Waals surface area (Å²) in [6.45, 7) is 7.15. The second-order valence-corrected chi connectivity index (χ2v) is 7.18. The third-order valence-corrected chi connectivity index (χ3v) is 4.44. The number of carbonyl (C=O) groups excluding carboxylic acids is 2. The van der Waals surface area contributed by atoms with Gasteiger partial charge in [-0.3, -0.25) is 33.8 Å². The molecule has 3 aromatic rings. The molecule has 164 valence electrons. The van der Waals surface area contributed by atoms with Crippen molar-refractivity contribution in [2.24, 2.45) is 0 Å². The molecule has 0 aromatic carbocycles. The van der Waals surface area contributed by atoms with Gasteiger partial charge in [-0.2, -0.15) is 0 Å². The summed E-state index contributed by atoms with van der Waals surface area (Å²) >= 11 is 0. The number of amides is 2. The Balaban J connectivity index is 0.000000220. The van der Waals surface area contributed by atoms with E-state index in [-0.39, 0.29) is 23.6 Å². The SMILES string of the molecule is CC(C)n1c(=O)[nH]c2ncccc2c1=O.CNc1cnccc1C(=O)N(C=O)C(C)C. The number of aromatic amines is 1. The van der Waals surface area contributed by atoms with Gasteiger partial charge in [-0.05, 0) is 45.9 Å². The smallest absolute Gasteiger partial charge is 0.330 e. The molecule has 0 aliphatic carbocycles. The number of carbonyl (C=O) groups is 2. The number of fused-ring (bicyclic) bond motifs is 1. The lowest BCUT2D eigenvalue weighted by Gasteiger charge is -2.20. The first kappa shape index (κ1) is 23.5. The van der Waals surface area contributed by atoms with Crippen LogP contribution in [0.3, 0.4) is 0 Å². The highest BCUT2D eigenvalue weighted by molar-refractivity contribution is 6.04. The second-order valence-electron chi connectivity index (χ2n) is 7.18. The van der Waals surface area contributed by atoms with E-state index in [0.717, 1.165) is 4.90 Å². The molecule has 0 saturated heterocycles. The van der Waals surface area contributed by atoms with Gasteiger partial charge in [0.2, 0.25) is 6.41 Å². The zero-order valence-electron chi connectivity index (χ0n) is 18.1. The van der Waals surface area contributed by atoms with Gasteiger partial charge in [0.25, 0.3) is 11.5 Å². The van der Waals surface area contributed by atoms with E-state index in [2.05, 4.69) is 20.3 Å². The molecule has 0 atom stereocenters. The standard InChI is InChI=1S/C11H15N3O2.C10H11N3O2/c1-8(2)14(7-15)11(16)9-4-5-13-6-10(9)12-3;1-6(2)13-9(14)7-4-3-5-11-8(7)12-10(13)15/h4-8,12H,1-3H3;3-6H,1-2H3,(H,11,12,15). The summed E-state index contributed by atoms with van der Waals surface area (Å²) in [5.74, 6) is -0.322. The van der Waals surface area contributed by atoms with E-state index in [1.54, 1.807) is 59.1 Å². The Hall–Kier alpha value is -3.82. The van der Waals surface area contributed by atoms with E-state index >= 15 is 0 Å². The van der Waals surface area contributed by atoms with E-state index in [9.17, 15) is 19.2 Å². The minimum atomic E-state index is -0.416. The van der Waals surface area contributed by atoms with Crippen molar-refractivity contribution in [3.8, 4) is 0 Å². The molecule has 0 bridgehead atoms. The van der Waals surface area contributed by atoms with Crippen LogP contribution in [0.5, 0.6) is 0 Å². The number of aromatic nitrogens is 4. The third kappa shape index (κ3) is 5.21. The second kappa shape index (κ2) is 10.3. The molecule has 0 spiro atoms. The molecule has 3 rings (SSSR count). The molecule has 2 amide bonds. The molecule has 2 N–H and O–H groups in total. The Morgan fingerprint density at radius 1 is 1.19 bits per heavy atom. The van der Waals surface area contributed by atoms with Crippen LogP contribution in [0.15, 0.2) is 46.4 Å². The normalized spacial score (nSPS) is 10.5. The summed E-state index contributed by atoms with van der Waals surface area (Å²) in [7, 11) is 1.70. The molecule has 0 saturated carbocycles. The Morgan fingerprint density at radius 3 is 2.48 bits per heavy atom. The van der Waals surface area contributed by atoms with Gasteiger partial charge in [0.05, 0.1) is 22.8 Å². The molecule has 10 heteroatoms. The van der Waals surface area contributed by atoms with Crippen LogP contribution in [-0.4, -0.2) is 49.8 Å². The average molecular weight is 426 g/mol. The van der Waals surface area contributed by atoms with Crippen molar-refractivity contribution in [1.82, 2.24) is 24.4 Å². The molecule has 0 fully saturated rings. The number of anilines is 1. The number of imide groups is 1. The summed E-state index contributed by atoms with van der Waals surface area (Å²) < 4.78 is 1.18. The number of rotatable bonds is 5. The fourth-order valence-corrected chi connectivity index (χ4v) is 2.85. The van der Waals surface area contributed by atoms with Crippen LogP contribution >= 0.6 is 0 Å². The van der Waals surface area contributed by atoms with Crippen LogP contribution in [0, 0.1) is 0 Å². The lowest BCUT2D eigenvalue weighted by atomic mass is 10.2. The van der Waals surface area contributed by atoms with Gasteiger partial charge >= 0.3 is 5.69 Å². The summed E-state index contributed by atoms with van der Waals surface area (Å²) in [5.41, 5.74) is 0.681. The van der Waals surface area contributed by atoms with Crippen molar-refractivity contribution in [2.75, 3.05) is 12.4 Å². The topological polar surface area (TPSA) is 130 Å². The van der Waals surface area contributed by atoms with Gasteiger partial charge in [0, 0.05) is 31.5 Å². The molecule has 0 unspecified atom stereocenters. The Bertz CT molecular complexity index is 1180. The Labute approximate surface area is 179 Å². The van der Waals surface area contributed by atoms with Crippen molar-refractivity contribution in [3.63, 3.8) is 0 Å². The van der Waals surface area contributed by atoms with Crippen LogP contribution < -0.4 is 16.6 Å². The van der Waals surface area contributed by atoms with E-state index < -0.39 is 5.69 Å². The summed E-state index contributed by atoms with van der Waals surface area (Å²) in [4.78, 5) is 57.9. The molecule has 3 heterocycles. The largest absolute Gasteiger partial charge is 0.386 e. The number of H-pyrrole nitrogens is 1. The van der Waals surface area contributed by atoms with Crippen molar-refractivity contribution in [3.05, 3.63) is 63.2 Å². The van der Waals surface area contributed by atoms with Crippen LogP contribution in [-0.2, 0) is 4.79 Å². The van der Waals surface area contributed by atoms with Crippen LogP contribution in [0.25, 0.3) is 11.0 Å². The first-order valence-electron chi connectivity index (χ1n) is 9.72. The number of nitrogens with zero attached hydrogens (tertiary/aromatic N) is 4. The van der Waals surface area contributed by atoms with E-state index in [0.29, 0.717) is 28.7 Å². The van der Waals surface area contributed by atoms with Crippen molar-refractivity contribution < 1.29 is 9.59 Å². The minimum Gasteiger partial charge on any atom is -0.386 e. The van der Waals surface area contributed by atoms with Gasteiger partial charge in [0.1, 0.15) is 5.65 Å². The number of nitrogens with one attached hydrogen (secondary N) is 2. The lowest BCUT2D eigenvalue weighted by Crippen LogP contribution is -2.36. The molecule has 0 radical (unpaired) electrons. The maximum Gasteiger partial charge on any atom is 0.330 e. The Morgan fingerprint density at radius 2 is 1.90 bits per heavy atom. The molecular weight excluding hydrogens is 400 g/mol. The quantitative estimate of drug-likeness (QED) is 0.595. The minimum absolute atomic E-state index is 0.161. The van der Waals surface area contributed by atoms with Gasteiger partial charge in [-0.1, -0.05) is 0 Å². The molecule has 0 aliphatic heterocycles. The van der Waals surface area contributed by atoms with Gasteiger partial charge in [-0.25, -0.2) is 9.78 Å². The van der Waals surface area contributed by atoms with E-state index in [1.165, 1.54) is 17.0 Å². The molecule has 3 aromatic heterocycles. The number of hydrogen-bond acceptors (Lipinski definition) is 7. The van der Waals surface area contributed by atoms with E-state index in [1.807, 2.05) is 0 Å². The van der Waals surface area contributed by atoms with Crippen molar-refractivity contribution >= 4 is 29.0 Å². The van der Waals surface area contributed by atoms with Gasteiger partial charge in [0.15, 0.2) is 0 Å². The first-order valence-corrected chi connectivity index (χ1v) is 9.72. The van der Waals surface area contributed by atoms with E-state index in [4.69, 9.17) is 0 Å². The maximum absolute atomic E-state index is 12.0. The summed E-state index contributed by atoms with van der Waals surface area (Å²) in [6, 6.07) is 4.59. The highest BCUT2D eigenvalue weighted by atomic mass is 16.2. The molecule has 31 heavy (non-hydrogen) atoms. The fraction of sp³-hybridized carbons (Fsp3) is 0.333. The average Bonchev–Trinajstić information content (AvgIpc) is 2.74. The van der Waals surface area contributed by atoms with Gasteiger partial charge in [-0.15, -0.1) is 0 Å². The highest BCUT2D eigenvalue weighted by Gasteiger charge is 2.20. The monoisotopic (exact) mass is 426 g/mol. The first-order chi connectivity index (χ1) is 14.7. The summed E-state index contributed by atoms with van der Waals surface area (Å²) in [6.07, 6.45) is 5.16. The molecular formula is C21H26N6O4. The predicted octanol–water partition coefficient (Wildman–Crippen LogP) is 1.80. The van der Waals surface area contributed by atoms with Crippen LogP contribution in [0.4, 0.5) is 5.69 Å². The van der Waals surface area contributed by atoms with Crippen LogP contribution in [0.2, 0.25) is 0 Å². The molecule has 10 nitrogen and oxygen atoms in total. The van der Waals surface area contributed by atoms with Gasteiger partial charge < -0.3 is 5.32 Å². The predicted molar refractivity (Wildman–Crippen MR) is 118 cm³/mol. The summed E-state index contributed by atoms with van der Waals surface area (Å²) in [5, 5.41) is 3.30. The Kier molecular flexibility index (Phi) is 7.78. The third-order valence-electron chi connectivity index (χ3n) is 4.44. The maximum atomic E-state index is 12.0. The van der Waals surface area contributed by atoms with Crippen molar-refractivity contribution in [1.29, 1.82) is 0 Å². The zero-order valence-corrected chi connectivity index (χ0v) is 18.1. The number of hydrogen-bond donors (Lipinski definition) is 2. The van der Waals surface area contributed by atoms with Crippen LogP contribution in [0.1, 0.15) is 44.1 Å². The number of pyridine rings is 2. The highest BCUT2D eigenvalue weighted by Crippen LogP contribution is 2.15. The van der Waals surface area contributed by atoms with Crippen molar-refractivity contribution in [2.45, 2.75) is 39.8 Å². The zero-order chi connectivity index (χ0) is 23.1. The fourth-order valence-electron chi connectivity index (χ4n) is 2.85.